The van der Waals surface area contributed by atoms with Crippen LogP contribution in [0.3, 0.4) is 0 Å². The SMILES string of the molecule is COc1ccc(N(C(=O)C2CCCC2)C2C=CS(=O)(=O)C2)c(OC)c1. The molecule has 0 saturated heterocycles. The van der Waals surface area contributed by atoms with E-state index in [-0.39, 0.29) is 17.6 Å². The number of carbonyl (C=O) groups is 1. The standard InChI is InChI=1S/C18H23NO5S/c1-23-15-7-8-16(17(11-15)24-2)19(14-9-10-25(21,22)12-14)18(20)13-5-3-4-6-13/h7-11,13-14H,3-6,12H2,1-2H3. The number of methoxy groups -OCH3 is 2. The molecule has 3 rings (SSSR count). The Hall–Kier alpha value is -2.02. The van der Waals surface area contributed by atoms with Crippen LogP contribution in [0.1, 0.15) is 25.7 Å². The van der Waals surface area contributed by atoms with Gasteiger partial charge < -0.3 is 14.4 Å². The summed E-state index contributed by atoms with van der Waals surface area (Å²) in [7, 11) is -0.195. The lowest BCUT2D eigenvalue weighted by molar-refractivity contribution is -0.122. The van der Waals surface area contributed by atoms with Gasteiger partial charge in [-0.2, -0.15) is 0 Å². The van der Waals surface area contributed by atoms with Crippen molar-refractivity contribution in [1.29, 1.82) is 0 Å². The number of rotatable bonds is 5. The molecule has 0 radical (unpaired) electrons. The van der Waals surface area contributed by atoms with E-state index in [1.165, 1.54) is 12.5 Å². The van der Waals surface area contributed by atoms with Crippen molar-refractivity contribution in [3.63, 3.8) is 0 Å². The van der Waals surface area contributed by atoms with Gasteiger partial charge in [0.1, 0.15) is 11.5 Å². The average Bonchev–Trinajstić information content (AvgIpc) is 3.25. The number of amides is 1. The maximum atomic E-state index is 13.2. The Kier molecular flexibility index (Phi) is 5.03. The van der Waals surface area contributed by atoms with E-state index in [1.807, 2.05) is 0 Å². The Morgan fingerprint density at radius 1 is 1.16 bits per heavy atom. The molecule has 0 aromatic heterocycles. The molecular weight excluding hydrogens is 342 g/mol. The lowest BCUT2D eigenvalue weighted by atomic mass is 10.0. The molecule has 0 N–H and O–H groups in total. The molecule has 0 spiro atoms. The van der Waals surface area contributed by atoms with Crippen molar-refractivity contribution < 1.29 is 22.7 Å². The van der Waals surface area contributed by atoms with E-state index < -0.39 is 15.9 Å². The van der Waals surface area contributed by atoms with Crippen molar-refractivity contribution >= 4 is 21.4 Å². The number of benzene rings is 1. The molecule has 1 saturated carbocycles. The van der Waals surface area contributed by atoms with Crippen LogP contribution >= 0.6 is 0 Å². The first kappa shape index (κ1) is 17.8. The zero-order valence-electron chi connectivity index (χ0n) is 14.5. The Morgan fingerprint density at radius 2 is 1.88 bits per heavy atom. The highest BCUT2D eigenvalue weighted by Crippen LogP contribution is 2.37. The number of nitrogens with zero attached hydrogens (tertiary/aromatic N) is 1. The minimum atomic E-state index is -3.28. The van der Waals surface area contributed by atoms with E-state index >= 15 is 0 Å². The van der Waals surface area contributed by atoms with Gasteiger partial charge in [0.25, 0.3) is 0 Å². The van der Waals surface area contributed by atoms with Crippen LogP contribution in [-0.2, 0) is 14.6 Å². The van der Waals surface area contributed by atoms with Crippen LogP contribution in [0.4, 0.5) is 5.69 Å². The van der Waals surface area contributed by atoms with Crippen LogP contribution < -0.4 is 14.4 Å². The summed E-state index contributed by atoms with van der Waals surface area (Å²) in [4.78, 5) is 14.8. The van der Waals surface area contributed by atoms with Gasteiger partial charge in [0, 0.05) is 17.4 Å². The molecular formula is C18H23NO5S. The zero-order valence-corrected chi connectivity index (χ0v) is 15.3. The monoisotopic (exact) mass is 365 g/mol. The molecule has 6 nitrogen and oxygen atoms in total. The molecule has 1 fully saturated rings. The zero-order chi connectivity index (χ0) is 18.0. The van der Waals surface area contributed by atoms with E-state index in [0.717, 1.165) is 25.7 Å². The van der Waals surface area contributed by atoms with Gasteiger partial charge in [-0.25, -0.2) is 8.42 Å². The van der Waals surface area contributed by atoms with Crippen LogP contribution in [0.15, 0.2) is 29.7 Å². The predicted molar refractivity (Wildman–Crippen MR) is 95.7 cm³/mol. The second kappa shape index (κ2) is 7.07. The van der Waals surface area contributed by atoms with Crippen LogP contribution in [0.5, 0.6) is 11.5 Å². The van der Waals surface area contributed by atoms with Gasteiger partial charge in [-0.05, 0) is 31.1 Å². The summed E-state index contributed by atoms with van der Waals surface area (Å²) in [5.74, 6) is 0.906. The summed E-state index contributed by atoms with van der Waals surface area (Å²) in [5.41, 5.74) is 0.576. The van der Waals surface area contributed by atoms with E-state index in [2.05, 4.69) is 0 Å². The molecule has 1 amide bonds. The highest BCUT2D eigenvalue weighted by atomic mass is 32.2. The summed E-state index contributed by atoms with van der Waals surface area (Å²) in [6.45, 7) is 0. The molecule has 25 heavy (non-hydrogen) atoms. The predicted octanol–water partition coefficient (Wildman–Crippen LogP) is 2.54. The van der Waals surface area contributed by atoms with Gasteiger partial charge in [0.2, 0.25) is 5.91 Å². The van der Waals surface area contributed by atoms with Crippen molar-refractivity contribution in [1.82, 2.24) is 0 Å². The van der Waals surface area contributed by atoms with Crippen LogP contribution in [-0.4, -0.2) is 40.3 Å². The molecule has 1 atom stereocenters. The number of hydrogen-bond acceptors (Lipinski definition) is 5. The maximum Gasteiger partial charge on any atom is 0.230 e. The Morgan fingerprint density at radius 3 is 2.44 bits per heavy atom. The Bertz CT molecular complexity index is 781. The van der Waals surface area contributed by atoms with E-state index in [9.17, 15) is 13.2 Å². The van der Waals surface area contributed by atoms with Crippen LogP contribution in [0.25, 0.3) is 0 Å². The molecule has 7 heteroatoms. The normalized spacial score (nSPS) is 22.1. The van der Waals surface area contributed by atoms with E-state index in [4.69, 9.17) is 9.47 Å². The molecule has 1 heterocycles. The first-order valence-electron chi connectivity index (χ1n) is 8.41. The van der Waals surface area contributed by atoms with Gasteiger partial charge >= 0.3 is 0 Å². The topological polar surface area (TPSA) is 72.9 Å². The molecule has 1 unspecified atom stereocenters. The van der Waals surface area contributed by atoms with Crippen molar-refractivity contribution in [2.24, 2.45) is 5.92 Å². The molecule has 2 aliphatic rings. The lowest BCUT2D eigenvalue weighted by Crippen LogP contribution is -2.44. The van der Waals surface area contributed by atoms with Crippen molar-refractivity contribution in [2.45, 2.75) is 31.7 Å². The van der Waals surface area contributed by atoms with Gasteiger partial charge in [-0.3, -0.25) is 4.79 Å². The van der Waals surface area contributed by atoms with Crippen molar-refractivity contribution in [2.75, 3.05) is 24.9 Å². The first-order valence-corrected chi connectivity index (χ1v) is 10.1. The minimum Gasteiger partial charge on any atom is -0.497 e. The van der Waals surface area contributed by atoms with Crippen molar-refractivity contribution in [3.8, 4) is 11.5 Å². The van der Waals surface area contributed by atoms with E-state index in [0.29, 0.717) is 17.2 Å². The van der Waals surface area contributed by atoms with Crippen LogP contribution in [0.2, 0.25) is 0 Å². The molecule has 1 aliphatic carbocycles. The second-order valence-electron chi connectivity index (χ2n) is 6.45. The summed E-state index contributed by atoms with van der Waals surface area (Å²) in [5, 5.41) is 1.20. The van der Waals surface area contributed by atoms with E-state index in [1.54, 1.807) is 36.3 Å². The van der Waals surface area contributed by atoms with Crippen molar-refractivity contribution in [3.05, 3.63) is 29.7 Å². The van der Waals surface area contributed by atoms with Gasteiger partial charge in [-0.1, -0.05) is 12.8 Å². The summed E-state index contributed by atoms with van der Waals surface area (Å²) in [6.07, 6.45) is 5.34. The smallest absolute Gasteiger partial charge is 0.230 e. The third-order valence-corrected chi connectivity index (χ3v) is 6.21. The number of sulfone groups is 1. The molecule has 1 aliphatic heterocycles. The Balaban J connectivity index is 2.02. The molecule has 136 valence electrons. The lowest BCUT2D eigenvalue weighted by Gasteiger charge is -2.31. The fourth-order valence-electron chi connectivity index (χ4n) is 3.53. The first-order chi connectivity index (χ1) is 11.9. The summed E-state index contributed by atoms with van der Waals surface area (Å²) < 4.78 is 34.5. The molecule has 0 bridgehead atoms. The Labute approximate surface area is 148 Å². The summed E-state index contributed by atoms with van der Waals surface area (Å²) in [6, 6.07) is 4.70. The van der Waals surface area contributed by atoms with Gasteiger partial charge in [0.15, 0.2) is 9.84 Å². The average molecular weight is 365 g/mol. The molecule has 1 aromatic carbocycles. The quantitative estimate of drug-likeness (QED) is 0.802. The maximum absolute atomic E-state index is 13.2. The third-order valence-electron chi connectivity index (χ3n) is 4.83. The highest BCUT2D eigenvalue weighted by Gasteiger charge is 2.37. The number of hydrogen-bond donors (Lipinski definition) is 0. The minimum absolute atomic E-state index is 0.0345. The number of ether oxygens (including phenoxy) is 2. The third kappa shape index (κ3) is 3.66. The van der Waals surface area contributed by atoms with Crippen LogP contribution in [0, 0.1) is 5.92 Å². The van der Waals surface area contributed by atoms with Gasteiger partial charge in [-0.15, -0.1) is 0 Å². The second-order valence-corrected chi connectivity index (χ2v) is 8.38. The fourth-order valence-corrected chi connectivity index (χ4v) is 4.80. The largest absolute Gasteiger partial charge is 0.497 e. The number of carbonyl (C=O) groups excluding carboxylic acids is 1. The molecule has 1 aromatic rings. The highest BCUT2D eigenvalue weighted by molar-refractivity contribution is 7.94. The fraction of sp³-hybridized carbons (Fsp3) is 0.500. The summed E-state index contributed by atoms with van der Waals surface area (Å²) >= 11 is 0. The van der Waals surface area contributed by atoms with Gasteiger partial charge in [0.05, 0.1) is 31.7 Å². The number of anilines is 1.